The Morgan fingerprint density at radius 2 is 1.79 bits per heavy atom. The maximum atomic E-state index is 12.8. The molecular weight excluding hydrogens is 251 g/mol. The first-order chi connectivity index (χ1) is 9.11. The highest BCUT2D eigenvalue weighted by Crippen LogP contribution is 2.17. The Hall–Kier alpha value is -1.95. The molecule has 1 N–H and O–H groups in total. The van der Waals surface area contributed by atoms with Crippen LogP contribution >= 0.6 is 0 Å². The lowest BCUT2D eigenvalue weighted by molar-refractivity contribution is -0.143. The van der Waals surface area contributed by atoms with E-state index in [2.05, 4.69) is 0 Å². The van der Waals surface area contributed by atoms with Gasteiger partial charge in [0.25, 0.3) is 5.91 Å². The molecule has 0 spiro atoms. The zero-order valence-electron chi connectivity index (χ0n) is 10.3. The zero-order valence-corrected chi connectivity index (χ0v) is 10.3. The summed E-state index contributed by atoms with van der Waals surface area (Å²) < 4.78 is 12.8. The van der Waals surface area contributed by atoms with Crippen LogP contribution in [0.4, 0.5) is 4.39 Å². The molecule has 0 radical (unpaired) electrons. The highest BCUT2D eigenvalue weighted by molar-refractivity contribution is 5.82. The first-order valence-corrected chi connectivity index (χ1v) is 6.03. The molecule has 1 unspecified atom stereocenters. The van der Waals surface area contributed by atoms with Crippen molar-refractivity contribution < 1.29 is 19.1 Å². The topological polar surface area (TPSA) is 60.9 Å². The van der Waals surface area contributed by atoms with Gasteiger partial charge in [-0.2, -0.15) is 0 Å². The van der Waals surface area contributed by atoms with Crippen LogP contribution in [-0.4, -0.2) is 53.4 Å². The summed E-state index contributed by atoms with van der Waals surface area (Å²) in [5.74, 6) is -0.833. The molecule has 1 fully saturated rings. The van der Waals surface area contributed by atoms with E-state index in [-0.39, 0.29) is 0 Å². The minimum Gasteiger partial charge on any atom is -0.378 e. The van der Waals surface area contributed by atoms with Gasteiger partial charge in [-0.15, -0.1) is 0 Å². The average Bonchev–Trinajstić information content (AvgIpc) is 2.46. The van der Waals surface area contributed by atoms with Crippen LogP contribution in [0.1, 0.15) is 11.7 Å². The second-order valence-corrected chi connectivity index (χ2v) is 4.42. The third kappa shape index (κ3) is 3.08. The Kier molecular flexibility index (Phi) is 4.11. The molecule has 0 aromatic heterocycles. The van der Waals surface area contributed by atoms with Crippen LogP contribution in [0.25, 0.3) is 0 Å². The number of hydrogen-bond donors (Lipinski definition) is 1. The molecule has 1 heterocycles. The lowest BCUT2D eigenvalue weighted by Gasteiger charge is -2.33. The van der Waals surface area contributed by atoms with Gasteiger partial charge in [-0.1, -0.05) is 12.1 Å². The lowest BCUT2D eigenvalue weighted by atomic mass is 10.1. The molecule has 1 saturated heterocycles. The molecule has 1 aliphatic heterocycles. The maximum absolute atomic E-state index is 12.8. The fourth-order valence-corrected chi connectivity index (χ4v) is 2.01. The highest BCUT2D eigenvalue weighted by Gasteiger charge is 2.26. The number of carbonyl (C=O) groups excluding carboxylic acids is 2. The number of aliphatic hydroxyl groups excluding tert-OH is 1. The number of hydrogen-bond acceptors (Lipinski definition) is 3. The number of carbonyl (C=O) groups is 2. The molecule has 5 nitrogen and oxygen atoms in total. The minimum absolute atomic E-state index is 0.365. The Bertz CT molecular complexity index is 455. The Balaban J connectivity index is 1.99. The van der Waals surface area contributed by atoms with Gasteiger partial charge >= 0.3 is 0 Å². The molecule has 0 aliphatic carbocycles. The zero-order chi connectivity index (χ0) is 13.8. The summed E-state index contributed by atoms with van der Waals surface area (Å²) in [6, 6.07) is 5.19. The van der Waals surface area contributed by atoms with Crippen molar-refractivity contribution in [1.29, 1.82) is 0 Å². The second-order valence-electron chi connectivity index (χ2n) is 4.42. The van der Waals surface area contributed by atoms with Crippen molar-refractivity contribution in [2.75, 3.05) is 26.2 Å². The first kappa shape index (κ1) is 13.5. The number of piperazine rings is 1. The number of amides is 2. The normalized spacial score (nSPS) is 17.2. The molecule has 2 rings (SSSR count). The van der Waals surface area contributed by atoms with Crippen LogP contribution in [0.15, 0.2) is 24.3 Å². The predicted molar refractivity (Wildman–Crippen MR) is 65.6 cm³/mol. The highest BCUT2D eigenvalue weighted by atomic mass is 19.1. The van der Waals surface area contributed by atoms with E-state index in [4.69, 9.17) is 0 Å². The van der Waals surface area contributed by atoms with E-state index in [1.54, 1.807) is 4.90 Å². The van der Waals surface area contributed by atoms with Crippen molar-refractivity contribution in [3.8, 4) is 0 Å². The van der Waals surface area contributed by atoms with Gasteiger partial charge in [-0.05, 0) is 17.7 Å². The summed E-state index contributed by atoms with van der Waals surface area (Å²) in [6.45, 7) is 1.72. The van der Waals surface area contributed by atoms with Gasteiger partial charge in [0.15, 0.2) is 6.10 Å². The summed E-state index contributed by atoms with van der Waals surface area (Å²) in [4.78, 5) is 25.7. The maximum Gasteiger partial charge on any atom is 0.256 e. The van der Waals surface area contributed by atoms with Crippen LogP contribution in [0.2, 0.25) is 0 Å². The van der Waals surface area contributed by atoms with E-state index >= 15 is 0 Å². The lowest BCUT2D eigenvalue weighted by Crippen LogP contribution is -2.49. The van der Waals surface area contributed by atoms with Crippen LogP contribution in [0.3, 0.4) is 0 Å². The molecule has 1 atom stereocenters. The number of rotatable bonds is 3. The largest absolute Gasteiger partial charge is 0.378 e. The first-order valence-electron chi connectivity index (χ1n) is 6.03. The summed E-state index contributed by atoms with van der Waals surface area (Å²) in [6.07, 6.45) is -0.540. The molecule has 19 heavy (non-hydrogen) atoms. The standard InChI is InChI=1S/C13H15FN2O3/c14-11-3-1-10(2-4-11)12(18)13(19)16-7-5-15(9-17)6-8-16/h1-4,9,12,18H,5-8H2. The van der Waals surface area contributed by atoms with E-state index < -0.39 is 17.8 Å². The van der Waals surface area contributed by atoms with Crippen LogP contribution in [0.5, 0.6) is 0 Å². The molecule has 2 amide bonds. The monoisotopic (exact) mass is 266 g/mol. The average molecular weight is 266 g/mol. The Morgan fingerprint density at radius 1 is 1.21 bits per heavy atom. The van der Waals surface area contributed by atoms with Crippen LogP contribution in [0, 0.1) is 5.82 Å². The van der Waals surface area contributed by atoms with E-state index in [0.717, 1.165) is 6.41 Å². The quantitative estimate of drug-likeness (QED) is 0.793. The number of nitrogens with zero attached hydrogens (tertiary/aromatic N) is 2. The van der Waals surface area contributed by atoms with E-state index in [9.17, 15) is 19.1 Å². The van der Waals surface area contributed by atoms with Gasteiger partial charge < -0.3 is 14.9 Å². The third-order valence-electron chi connectivity index (χ3n) is 3.19. The molecule has 0 saturated carbocycles. The summed E-state index contributed by atoms with van der Waals surface area (Å²) in [7, 11) is 0. The third-order valence-corrected chi connectivity index (χ3v) is 3.19. The predicted octanol–water partition coefficient (Wildman–Crippen LogP) is 0.160. The van der Waals surface area contributed by atoms with Gasteiger partial charge in [-0.3, -0.25) is 9.59 Å². The Labute approximate surface area is 110 Å². The van der Waals surface area contributed by atoms with Crippen molar-refractivity contribution in [3.63, 3.8) is 0 Å². The Morgan fingerprint density at radius 3 is 2.32 bits per heavy atom. The number of halogens is 1. The number of aliphatic hydroxyl groups is 1. The molecular formula is C13H15FN2O3. The van der Waals surface area contributed by atoms with E-state index in [1.165, 1.54) is 29.2 Å². The fraction of sp³-hybridized carbons (Fsp3) is 0.385. The summed E-state index contributed by atoms with van der Waals surface area (Å²) >= 11 is 0. The van der Waals surface area contributed by atoms with Crippen molar-refractivity contribution in [3.05, 3.63) is 35.6 Å². The van der Waals surface area contributed by atoms with Gasteiger partial charge in [-0.25, -0.2) is 4.39 Å². The summed E-state index contributed by atoms with van der Waals surface area (Å²) in [5, 5.41) is 9.96. The molecule has 6 heteroatoms. The second kappa shape index (κ2) is 5.79. The van der Waals surface area contributed by atoms with E-state index in [0.29, 0.717) is 31.7 Å². The molecule has 1 aliphatic rings. The van der Waals surface area contributed by atoms with Crippen LogP contribution < -0.4 is 0 Å². The van der Waals surface area contributed by atoms with Gasteiger partial charge in [0.05, 0.1) is 0 Å². The summed E-state index contributed by atoms with van der Waals surface area (Å²) in [5.41, 5.74) is 0.365. The van der Waals surface area contributed by atoms with Crippen molar-refractivity contribution in [2.24, 2.45) is 0 Å². The molecule has 102 valence electrons. The van der Waals surface area contributed by atoms with Crippen LogP contribution in [-0.2, 0) is 9.59 Å². The molecule has 0 bridgehead atoms. The van der Waals surface area contributed by atoms with Gasteiger partial charge in [0.2, 0.25) is 6.41 Å². The fourth-order valence-electron chi connectivity index (χ4n) is 2.01. The SMILES string of the molecule is O=CN1CCN(C(=O)C(O)c2ccc(F)cc2)CC1. The van der Waals surface area contributed by atoms with Crippen molar-refractivity contribution in [1.82, 2.24) is 9.80 Å². The van der Waals surface area contributed by atoms with Crippen molar-refractivity contribution >= 4 is 12.3 Å². The van der Waals surface area contributed by atoms with Gasteiger partial charge in [0, 0.05) is 26.2 Å². The van der Waals surface area contributed by atoms with E-state index in [1.807, 2.05) is 0 Å². The minimum atomic E-state index is -1.29. The molecule has 1 aromatic rings. The van der Waals surface area contributed by atoms with Gasteiger partial charge in [0.1, 0.15) is 5.82 Å². The smallest absolute Gasteiger partial charge is 0.256 e. The number of benzene rings is 1. The molecule has 1 aromatic carbocycles. The van der Waals surface area contributed by atoms with Crippen molar-refractivity contribution in [2.45, 2.75) is 6.10 Å².